The lowest BCUT2D eigenvalue weighted by Gasteiger charge is -2.27. The van der Waals surface area contributed by atoms with Crippen LogP contribution in [0.1, 0.15) is 41.8 Å². The van der Waals surface area contributed by atoms with Crippen molar-refractivity contribution in [3.8, 4) is 0 Å². The molecule has 4 nitrogen and oxygen atoms in total. The number of hydrogen-bond donors (Lipinski definition) is 1. The lowest BCUT2D eigenvalue weighted by Crippen LogP contribution is -2.31. The van der Waals surface area contributed by atoms with Gasteiger partial charge in [-0.05, 0) is 54.3 Å². The largest absolute Gasteiger partial charge is 0.416 e. The summed E-state index contributed by atoms with van der Waals surface area (Å²) in [5, 5.41) is 2.88. The van der Waals surface area contributed by atoms with E-state index in [1.165, 1.54) is 28.8 Å². The highest BCUT2D eigenvalue weighted by Gasteiger charge is 2.30. The molecule has 1 heterocycles. The maximum absolute atomic E-state index is 12.8. The minimum absolute atomic E-state index is 0.194. The lowest BCUT2D eigenvalue weighted by atomic mass is 10.1. The van der Waals surface area contributed by atoms with Crippen LogP contribution in [0.15, 0.2) is 52.3 Å². The van der Waals surface area contributed by atoms with Gasteiger partial charge in [0.2, 0.25) is 0 Å². The molecule has 0 unspecified atom stereocenters. The summed E-state index contributed by atoms with van der Waals surface area (Å²) >= 11 is 1.23. The number of likely N-dealkylation sites (N-methyl/N-ethyl adjacent to an activating group) is 1. The molecule has 3 rings (SSSR count). The van der Waals surface area contributed by atoms with Crippen LogP contribution in [0.5, 0.6) is 0 Å². The van der Waals surface area contributed by atoms with Crippen LogP contribution in [0, 0.1) is 5.92 Å². The SMILES string of the molecule is CC(C)CCNC(=O)c1ccc2c(c1)N(C)C(=O)C(=Cc1ccc(C(F)(F)F)cc1)S2. The second-order valence-corrected chi connectivity index (χ2v) is 8.80. The number of nitrogens with one attached hydrogen (secondary N) is 1. The molecule has 31 heavy (non-hydrogen) atoms. The predicted octanol–water partition coefficient (Wildman–Crippen LogP) is 5.59. The monoisotopic (exact) mass is 448 g/mol. The molecule has 0 atom stereocenters. The number of nitrogens with zero attached hydrogens (tertiary/aromatic N) is 1. The molecule has 0 saturated heterocycles. The summed E-state index contributed by atoms with van der Waals surface area (Å²) in [4.78, 5) is 27.8. The molecule has 2 aromatic carbocycles. The number of anilines is 1. The van der Waals surface area contributed by atoms with E-state index in [0.717, 1.165) is 23.4 Å². The standard InChI is InChI=1S/C23H23F3N2O2S/c1-14(2)10-11-27-21(29)16-6-9-19-18(13-16)28(3)22(30)20(31-19)12-15-4-7-17(8-5-15)23(24,25)26/h4-9,12-14H,10-11H2,1-3H3,(H,27,29). The van der Waals surface area contributed by atoms with Gasteiger partial charge in [-0.15, -0.1) is 0 Å². The number of hydrogen-bond acceptors (Lipinski definition) is 3. The number of rotatable bonds is 5. The van der Waals surface area contributed by atoms with Crippen molar-refractivity contribution in [2.24, 2.45) is 5.92 Å². The molecule has 0 aromatic heterocycles. The normalized spacial score (nSPS) is 15.4. The third-order valence-corrected chi connectivity index (χ3v) is 5.94. The van der Waals surface area contributed by atoms with Crippen molar-refractivity contribution in [1.82, 2.24) is 5.32 Å². The van der Waals surface area contributed by atoms with Crippen LogP contribution in [-0.2, 0) is 11.0 Å². The van der Waals surface area contributed by atoms with Crippen molar-refractivity contribution >= 4 is 35.3 Å². The molecule has 0 spiro atoms. The summed E-state index contributed by atoms with van der Waals surface area (Å²) in [7, 11) is 1.61. The second-order valence-electron chi connectivity index (χ2n) is 7.72. The summed E-state index contributed by atoms with van der Waals surface area (Å²) in [6.07, 6.45) is -1.96. The van der Waals surface area contributed by atoms with Gasteiger partial charge in [-0.3, -0.25) is 9.59 Å². The van der Waals surface area contributed by atoms with Crippen molar-refractivity contribution in [1.29, 1.82) is 0 Å². The quantitative estimate of drug-likeness (QED) is 0.607. The summed E-state index contributed by atoms with van der Waals surface area (Å²) in [5.74, 6) is 0.00835. The van der Waals surface area contributed by atoms with E-state index in [1.54, 1.807) is 31.3 Å². The van der Waals surface area contributed by atoms with Gasteiger partial charge >= 0.3 is 6.18 Å². The Hall–Kier alpha value is -2.74. The maximum Gasteiger partial charge on any atom is 0.416 e. The first kappa shape index (κ1) is 22.9. The molecule has 1 aliphatic rings. The Labute approximate surface area is 183 Å². The van der Waals surface area contributed by atoms with E-state index in [0.29, 0.717) is 34.2 Å². The predicted molar refractivity (Wildman–Crippen MR) is 117 cm³/mol. The zero-order valence-electron chi connectivity index (χ0n) is 17.4. The minimum atomic E-state index is -4.40. The average molecular weight is 449 g/mol. The van der Waals surface area contributed by atoms with Gasteiger partial charge in [0.1, 0.15) is 0 Å². The van der Waals surface area contributed by atoms with E-state index in [4.69, 9.17) is 0 Å². The van der Waals surface area contributed by atoms with Crippen molar-refractivity contribution in [2.75, 3.05) is 18.5 Å². The average Bonchev–Trinajstić information content (AvgIpc) is 2.71. The van der Waals surface area contributed by atoms with Gasteiger partial charge in [0.15, 0.2) is 0 Å². The number of carbonyl (C=O) groups excluding carboxylic acids is 2. The second kappa shape index (κ2) is 9.18. The Kier molecular flexibility index (Phi) is 6.79. The molecule has 1 N–H and O–H groups in total. The lowest BCUT2D eigenvalue weighted by molar-refractivity contribution is -0.137. The van der Waals surface area contributed by atoms with E-state index >= 15 is 0 Å². The van der Waals surface area contributed by atoms with E-state index < -0.39 is 11.7 Å². The number of benzene rings is 2. The third-order valence-electron chi connectivity index (χ3n) is 4.86. The molecule has 2 amide bonds. The molecule has 0 fully saturated rings. The Morgan fingerprint density at radius 1 is 1.16 bits per heavy atom. The number of alkyl halides is 3. The molecule has 0 bridgehead atoms. The first-order chi connectivity index (χ1) is 14.6. The van der Waals surface area contributed by atoms with E-state index in [9.17, 15) is 22.8 Å². The molecule has 0 aliphatic carbocycles. The highest BCUT2D eigenvalue weighted by molar-refractivity contribution is 8.04. The minimum Gasteiger partial charge on any atom is -0.352 e. The maximum atomic E-state index is 12.8. The number of fused-ring (bicyclic) bond motifs is 1. The van der Waals surface area contributed by atoms with Gasteiger partial charge in [0.25, 0.3) is 11.8 Å². The van der Waals surface area contributed by atoms with E-state index in [1.807, 2.05) is 0 Å². The van der Waals surface area contributed by atoms with Crippen molar-refractivity contribution < 1.29 is 22.8 Å². The van der Waals surface area contributed by atoms with E-state index in [-0.39, 0.29) is 11.8 Å². The van der Waals surface area contributed by atoms with Crippen LogP contribution < -0.4 is 10.2 Å². The third kappa shape index (κ3) is 5.50. The van der Waals surface area contributed by atoms with E-state index in [2.05, 4.69) is 19.2 Å². The van der Waals surface area contributed by atoms with Crippen LogP contribution in [0.25, 0.3) is 6.08 Å². The van der Waals surface area contributed by atoms with Gasteiger partial charge in [-0.25, -0.2) is 0 Å². The van der Waals surface area contributed by atoms with Crippen LogP contribution in [0.2, 0.25) is 0 Å². The van der Waals surface area contributed by atoms with Gasteiger partial charge in [-0.2, -0.15) is 13.2 Å². The fourth-order valence-electron chi connectivity index (χ4n) is 3.03. The first-order valence-corrected chi connectivity index (χ1v) is 10.6. The van der Waals surface area contributed by atoms with Crippen molar-refractivity contribution in [2.45, 2.75) is 31.3 Å². The molecular weight excluding hydrogens is 425 g/mol. The van der Waals surface area contributed by atoms with Crippen molar-refractivity contribution in [3.05, 3.63) is 64.1 Å². The number of thioether (sulfide) groups is 1. The molecule has 0 radical (unpaired) electrons. The zero-order chi connectivity index (χ0) is 22.8. The Morgan fingerprint density at radius 2 is 1.84 bits per heavy atom. The summed E-state index contributed by atoms with van der Waals surface area (Å²) < 4.78 is 38.2. The smallest absolute Gasteiger partial charge is 0.352 e. The highest BCUT2D eigenvalue weighted by atomic mass is 32.2. The summed E-state index contributed by atoms with van der Waals surface area (Å²) in [6, 6.07) is 9.82. The van der Waals surface area contributed by atoms with Crippen molar-refractivity contribution in [3.63, 3.8) is 0 Å². The fraction of sp³-hybridized carbons (Fsp3) is 0.304. The zero-order valence-corrected chi connectivity index (χ0v) is 18.2. The number of amides is 2. The number of halogens is 3. The molecule has 8 heteroatoms. The van der Waals surface area contributed by atoms with Gasteiger partial charge < -0.3 is 10.2 Å². The Morgan fingerprint density at radius 3 is 2.45 bits per heavy atom. The van der Waals surface area contributed by atoms with Gasteiger partial charge in [-0.1, -0.05) is 37.7 Å². The first-order valence-electron chi connectivity index (χ1n) is 9.83. The Balaban J connectivity index is 1.80. The molecule has 1 aliphatic heterocycles. The Bertz CT molecular complexity index is 1010. The molecular formula is C23H23F3N2O2S. The topological polar surface area (TPSA) is 49.4 Å². The van der Waals surface area contributed by atoms with Crippen LogP contribution in [0.3, 0.4) is 0 Å². The molecule has 0 saturated carbocycles. The van der Waals surface area contributed by atoms with Crippen LogP contribution in [-0.4, -0.2) is 25.4 Å². The summed E-state index contributed by atoms with van der Waals surface area (Å²) in [5.41, 5.74) is 0.856. The van der Waals surface area contributed by atoms with Gasteiger partial charge in [0.05, 0.1) is 16.2 Å². The van der Waals surface area contributed by atoms with Gasteiger partial charge in [0, 0.05) is 24.1 Å². The van der Waals surface area contributed by atoms with Crippen LogP contribution >= 0.6 is 11.8 Å². The van der Waals surface area contributed by atoms with Crippen LogP contribution in [0.4, 0.5) is 18.9 Å². The fourth-order valence-corrected chi connectivity index (χ4v) is 4.12. The number of carbonyl (C=O) groups is 2. The molecule has 164 valence electrons. The summed E-state index contributed by atoms with van der Waals surface area (Å²) in [6.45, 7) is 4.74. The molecule has 2 aromatic rings. The highest BCUT2D eigenvalue weighted by Crippen LogP contribution is 2.42.